The van der Waals surface area contributed by atoms with E-state index in [1.54, 1.807) is 32.2 Å². The molecule has 2 aromatic heterocycles. The molecule has 126 valence electrons. The van der Waals surface area contributed by atoms with Crippen molar-refractivity contribution in [2.45, 2.75) is 28.8 Å². The molecule has 7 nitrogen and oxygen atoms in total. The van der Waals surface area contributed by atoms with Crippen molar-refractivity contribution in [1.82, 2.24) is 14.7 Å². The Bertz CT molecular complexity index is 940. The van der Waals surface area contributed by atoms with E-state index in [9.17, 15) is 8.42 Å². The van der Waals surface area contributed by atoms with E-state index >= 15 is 0 Å². The lowest BCUT2D eigenvalue weighted by molar-refractivity contribution is 0.390. The lowest BCUT2D eigenvalue weighted by Crippen LogP contribution is -2.14. The van der Waals surface area contributed by atoms with E-state index in [4.69, 9.17) is 4.52 Å². The molecule has 3 rings (SSSR count). The Kier molecular flexibility index (Phi) is 4.37. The largest absolute Gasteiger partial charge is 0.360 e. The van der Waals surface area contributed by atoms with Crippen LogP contribution in [0.25, 0.3) is 0 Å². The highest BCUT2D eigenvalue weighted by Crippen LogP contribution is 2.28. The van der Waals surface area contributed by atoms with Crippen LogP contribution in [-0.4, -0.2) is 23.1 Å². The van der Waals surface area contributed by atoms with Gasteiger partial charge in [-0.25, -0.2) is 13.4 Å². The minimum atomic E-state index is -3.73. The summed E-state index contributed by atoms with van der Waals surface area (Å²) >= 11 is 1.50. The van der Waals surface area contributed by atoms with Gasteiger partial charge >= 0.3 is 0 Å². The van der Waals surface area contributed by atoms with Gasteiger partial charge in [-0.2, -0.15) is 0 Å². The highest BCUT2D eigenvalue weighted by Gasteiger charge is 2.24. The van der Waals surface area contributed by atoms with E-state index in [-0.39, 0.29) is 10.7 Å². The van der Waals surface area contributed by atoms with E-state index in [0.717, 1.165) is 10.1 Å². The molecule has 0 radical (unpaired) electrons. The molecule has 9 heteroatoms. The standard InChI is InChI=1S/C15H16N4O3S2/c1-10-14(11(2)22-17-10)24(20,21)18-12-4-6-13(7-5-12)23-15-16-8-9-19(15)3/h4-9,18H,1-3H3. The third-order valence-electron chi connectivity index (χ3n) is 3.33. The van der Waals surface area contributed by atoms with Crippen LogP contribution < -0.4 is 4.72 Å². The molecule has 0 amide bonds. The molecule has 0 saturated carbocycles. The van der Waals surface area contributed by atoms with Gasteiger partial charge in [-0.3, -0.25) is 4.72 Å². The highest BCUT2D eigenvalue weighted by atomic mass is 32.2. The van der Waals surface area contributed by atoms with Crippen LogP contribution in [0, 0.1) is 13.8 Å². The zero-order valence-electron chi connectivity index (χ0n) is 13.3. The maximum absolute atomic E-state index is 12.5. The number of benzene rings is 1. The van der Waals surface area contributed by atoms with Crippen molar-refractivity contribution in [3.8, 4) is 0 Å². The van der Waals surface area contributed by atoms with Gasteiger partial charge in [-0.05, 0) is 38.1 Å². The van der Waals surface area contributed by atoms with Gasteiger partial charge < -0.3 is 9.09 Å². The lowest BCUT2D eigenvalue weighted by atomic mass is 10.3. The fourth-order valence-electron chi connectivity index (χ4n) is 2.21. The number of hydrogen-bond acceptors (Lipinski definition) is 6. The van der Waals surface area contributed by atoms with Crippen LogP contribution in [0.4, 0.5) is 5.69 Å². The summed E-state index contributed by atoms with van der Waals surface area (Å²) in [5, 5.41) is 4.54. The number of nitrogens with zero attached hydrogens (tertiary/aromatic N) is 3. The number of hydrogen-bond donors (Lipinski definition) is 1. The number of imidazole rings is 1. The minimum absolute atomic E-state index is 0.0777. The molecule has 2 heterocycles. The van der Waals surface area contributed by atoms with Crippen molar-refractivity contribution in [1.29, 1.82) is 0 Å². The molecule has 0 fully saturated rings. The van der Waals surface area contributed by atoms with E-state index in [2.05, 4.69) is 14.9 Å². The van der Waals surface area contributed by atoms with Crippen LogP contribution in [0.5, 0.6) is 0 Å². The molecule has 0 aliphatic rings. The second-order valence-corrected chi connectivity index (χ2v) is 7.87. The van der Waals surface area contributed by atoms with Gasteiger partial charge in [0.15, 0.2) is 15.8 Å². The Morgan fingerprint density at radius 2 is 1.92 bits per heavy atom. The van der Waals surface area contributed by atoms with Crippen molar-refractivity contribution in [2.24, 2.45) is 7.05 Å². The molecular weight excluding hydrogens is 348 g/mol. The van der Waals surface area contributed by atoms with Crippen LogP contribution in [0.3, 0.4) is 0 Å². The van der Waals surface area contributed by atoms with Crippen LogP contribution in [0.2, 0.25) is 0 Å². The predicted octanol–water partition coefficient (Wildman–Crippen LogP) is 2.98. The molecule has 3 aromatic rings. The quantitative estimate of drug-likeness (QED) is 0.748. The van der Waals surface area contributed by atoms with Gasteiger partial charge in [0.05, 0.1) is 0 Å². The molecule has 0 unspecified atom stereocenters. The van der Waals surface area contributed by atoms with Gasteiger partial charge in [0.2, 0.25) is 0 Å². The van der Waals surface area contributed by atoms with Crippen molar-refractivity contribution in [3.05, 3.63) is 48.1 Å². The molecule has 0 aliphatic carbocycles. The smallest absolute Gasteiger partial charge is 0.267 e. The molecule has 0 saturated heterocycles. The first kappa shape index (κ1) is 16.6. The molecule has 0 spiro atoms. The van der Waals surface area contributed by atoms with Crippen LogP contribution in [0.1, 0.15) is 11.5 Å². The normalized spacial score (nSPS) is 11.6. The summed E-state index contributed by atoms with van der Waals surface area (Å²) in [4.78, 5) is 5.28. The van der Waals surface area contributed by atoms with Gasteiger partial charge in [0.25, 0.3) is 10.0 Å². The third kappa shape index (κ3) is 3.31. The molecule has 1 N–H and O–H groups in total. The summed E-state index contributed by atoms with van der Waals surface area (Å²) < 4.78 is 34.3. The minimum Gasteiger partial charge on any atom is -0.360 e. The van der Waals surface area contributed by atoms with E-state index in [0.29, 0.717) is 11.4 Å². The first-order chi connectivity index (χ1) is 11.4. The monoisotopic (exact) mass is 364 g/mol. The van der Waals surface area contributed by atoms with Crippen LogP contribution in [0.15, 0.2) is 56.1 Å². The average molecular weight is 364 g/mol. The molecule has 0 bridgehead atoms. The van der Waals surface area contributed by atoms with Crippen molar-refractivity contribution in [2.75, 3.05) is 4.72 Å². The Morgan fingerprint density at radius 3 is 2.46 bits per heavy atom. The van der Waals surface area contributed by atoms with Gasteiger partial charge in [-0.15, -0.1) is 0 Å². The topological polar surface area (TPSA) is 90.0 Å². The molecule has 0 aliphatic heterocycles. The molecular formula is C15H16N4O3S2. The number of rotatable bonds is 5. The zero-order valence-corrected chi connectivity index (χ0v) is 15.0. The second kappa shape index (κ2) is 6.33. The zero-order chi connectivity index (χ0) is 17.3. The summed E-state index contributed by atoms with van der Waals surface area (Å²) in [5.41, 5.74) is 0.807. The summed E-state index contributed by atoms with van der Waals surface area (Å²) in [7, 11) is -1.81. The SMILES string of the molecule is Cc1noc(C)c1S(=O)(=O)Nc1ccc(Sc2nccn2C)cc1. The van der Waals surface area contributed by atoms with Gasteiger partial charge in [0, 0.05) is 30.0 Å². The third-order valence-corrected chi connectivity index (χ3v) is 6.04. The second-order valence-electron chi connectivity index (χ2n) is 5.21. The summed E-state index contributed by atoms with van der Waals surface area (Å²) in [5.74, 6) is 0.266. The van der Waals surface area contributed by atoms with Gasteiger partial charge in [-0.1, -0.05) is 16.9 Å². The Hall–Kier alpha value is -2.26. The molecule has 0 atom stereocenters. The van der Waals surface area contributed by atoms with Gasteiger partial charge in [0.1, 0.15) is 5.69 Å². The summed E-state index contributed by atoms with van der Waals surface area (Å²) in [6, 6.07) is 7.09. The first-order valence-corrected chi connectivity index (χ1v) is 9.38. The maximum Gasteiger partial charge on any atom is 0.267 e. The number of anilines is 1. The summed E-state index contributed by atoms with van der Waals surface area (Å²) in [6.45, 7) is 3.17. The predicted molar refractivity (Wildman–Crippen MR) is 90.6 cm³/mol. The first-order valence-electron chi connectivity index (χ1n) is 7.08. The maximum atomic E-state index is 12.5. The fraction of sp³-hybridized carbons (Fsp3) is 0.200. The Balaban J connectivity index is 1.78. The molecule has 1 aromatic carbocycles. The van der Waals surface area contributed by atoms with E-state index in [1.807, 2.05) is 29.9 Å². The van der Waals surface area contributed by atoms with E-state index in [1.165, 1.54) is 11.8 Å². The molecule has 24 heavy (non-hydrogen) atoms. The number of aryl methyl sites for hydroxylation is 3. The Morgan fingerprint density at radius 1 is 1.21 bits per heavy atom. The number of nitrogens with one attached hydrogen (secondary N) is 1. The van der Waals surface area contributed by atoms with Crippen LogP contribution >= 0.6 is 11.8 Å². The van der Waals surface area contributed by atoms with Crippen molar-refractivity contribution >= 4 is 27.5 Å². The average Bonchev–Trinajstić information content (AvgIpc) is 3.07. The highest BCUT2D eigenvalue weighted by molar-refractivity contribution is 7.99. The fourth-order valence-corrected chi connectivity index (χ4v) is 4.40. The number of sulfonamides is 1. The number of aromatic nitrogens is 3. The Labute approximate surface area is 144 Å². The van der Waals surface area contributed by atoms with Crippen molar-refractivity contribution in [3.63, 3.8) is 0 Å². The van der Waals surface area contributed by atoms with E-state index < -0.39 is 10.0 Å². The lowest BCUT2D eigenvalue weighted by Gasteiger charge is -2.08. The van der Waals surface area contributed by atoms with Crippen molar-refractivity contribution < 1.29 is 12.9 Å². The summed E-state index contributed by atoms with van der Waals surface area (Å²) in [6.07, 6.45) is 3.60. The van der Waals surface area contributed by atoms with Crippen LogP contribution in [-0.2, 0) is 17.1 Å².